The van der Waals surface area contributed by atoms with Gasteiger partial charge in [-0.3, -0.25) is 0 Å². The van der Waals surface area contributed by atoms with E-state index in [9.17, 15) is 5.26 Å². The first kappa shape index (κ1) is 17.7. The minimum atomic E-state index is 0.0462. The number of rotatable bonds is 4. The van der Waals surface area contributed by atoms with E-state index in [-0.39, 0.29) is 10.8 Å². The summed E-state index contributed by atoms with van der Waals surface area (Å²) in [5.74, 6) is 0. The average molecular weight is 313 g/mol. The Morgan fingerprint density at radius 3 is 2.39 bits per heavy atom. The summed E-state index contributed by atoms with van der Waals surface area (Å²) in [4.78, 5) is 4.74. The largest absolute Gasteiger partial charge is 0.358 e. The van der Waals surface area contributed by atoms with Gasteiger partial charge < -0.3 is 9.80 Å². The highest BCUT2D eigenvalue weighted by molar-refractivity contribution is 5.43. The second kappa shape index (κ2) is 6.07. The molecular formula is C20H31N3. The maximum atomic E-state index is 9.43. The van der Waals surface area contributed by atoms with Crippen molar-refractivity contribution in [2.45, 2.75) is 67.0 Å². The molecule has 0 saturated heterocycles. The smallest absolute Gasteiger partial charge is 0.111 e. The summed E-state index contributed by atoms with van der Waals surface area (Å²) < 4.78 is 0. The molecule has 3 heteroatoms. The molecule has 2 heterocycles. The first-order valence-electron chi connectivity index (χ1n) is 8.81. The third-order valence-corrected chi connectivity index (χ3v) is 6.60. The van der Waals surface area contributed by atoms with Crippen LogP contribution in [0.1, 0.15) is 60.8 Å². The Morgan fingerprint density at radius 2 is 1.91 bits per heavy atom. The van der Waals surface area contributed by atoms with Gasteiger partial charge in [0.2, 0.25) is 0 Å². The monoisotopic (exact) mass is 313 g/mol. The van der Waals surface area contributed by atoms with E-state index in [0.717, 1.165) is 24.8 Å². The molecule has 0 aromatic rings. The highest BCUT2D eigenvalue weighted by atomic mass is 15.4. The second-order valence-corrected chi connectivity index (χ2v) is 7.34. The maximum absolute atomic E-state index is 9.43. The van der Waals surface area contributed by atoms with Crippen molar-refractivity contribution in [3.05, 3.63) is 35.3 Å². The summed E-state index contributed by atoms with van der Waals surface area (Å²) in [5.41, 5.74) is 3.64. The number of hydrogen-bond acceptors (Lipinski definition) is 3. The van der Waals surface area contributed by atoms with Gasteiger partial charge in [-0.1, -0.05) is 34.6 Å². The van der Waals surface area contributed by atoms with E-state index in [4.69, 9.17) is 0 Å². The average Bonchev–Trinajstić information content (AvgIpc) is 2.95. The normalized spacial score (nSPS) is 34.0. The minimum Gasteiger partial charge on any atom is -0.358 e. The lowest BCUT2D eigenvalue weighted by atomic mass is 9.54. The Labute approximate surface area is 142 Å². The molecule has 3 atom stereocenters. The van der Waals surface area contributed by atoms with Crippen molar-refractivity contribution in [1.29, 1.82) is 5.26 Å². The first-order chi connectivity index (χ1) is 10.8. The highest BCUT2D eigenvalue weighted by Crippen LogP contribution is 2.59. The van der Waals surface area contributed by atoms with Crippen molar-refractivity contribution < 1.29 is 0 Å². The van der Waals surface area contributed by atoms with E-state index >= 15 is 0 Å². The van der Waals surface area contributed by atoms with E-state index in [1.807, 2.05) is 0 Å². The second-order valence-electron chi connectivity index (χ2n) is 7.34. The van der Waals surface area contributed by atoms with Crippen molar-refractivity contribution >= 4 is 0 Å². The molecule has 2 aliphatic heterocycles. The number of allylic oxidation sites excluding steroid dienone is 4. The maximum Gasteiger partial charge on any atom is 0.111 e. The van der Waals surface area contributed by atoms with Gasteiger partial charge >= 0.3 is 0 Å². The first-order valence-corrected chi connectivity index (χ1v) is 8.81. The van der Waals surface area contributed by atoms with Crippen molar-refractivity contribution in [3.63, 3.8) is 0 Å². The van der Waals surface area contributed by atoms with Gasteiger partial charge in [0.1, 0.15) is 6.17 Å². The van der Waals surface area contributed by atoms with Gasteiger partial charge in [-0.25, -0.2) is 0 Å². The zero-order valence-corrected chi connectivity index (χ0v) is 15.8. The van der Waals surface area contributed by atoms with Gasteiger partial charge in [0.05, 0.1) is 6.07 Å². The molecule has 0 radical (unpaired) electrons. The van der Waals surface area contributed by atoms with E-state index in [0.29, 0.717) is 6.17 Å². The predicted molar refractivity (Wildman–Crippen MR) is 96.0 cm³/mol. The molecule has 23 heavy (non-hydrogen) atoms. The van der Waals surface area contributed by atoms with Crippen LogP contribution in [-0.4, -0.2) is 23.0 Å². The van der Waals surface area contributed by atoms with Crippen LogP contribution in [0.4, 0.5) is 0 Å². The fourth-order valence-electron chi connectivity index (χ4n) is 4.54. The van der Waals surface area contributed by atoms with Crippen LogP contribution in [0.3, 0.4) is 0 Å². The lowest BCUT2D eigenvalue weighted by Gasteiger charge is -2.59. The third-order valence-electron chi connectivity index (χ3n) is 6.60. The zero-order valence-electron chi connectivity index (χ0n) is 15.8. The zero-order chi connectivity index (χ0) is 17.4. The van der Waals surface area contributed by atoms with Crippen molar-refractivity contribution in [2.24, 2.45) is 10.8 Å². The van der Waals surface area contributed by atoms with Gasteiger partial charge in [0.25, 0.3) is 0 Å². The molecule has 0 amide bonds. The van der Waals surface area contributed by atoms with Crippen molar-refractivity contribution in [2.75, 3.05) is 7.05 Å². The lowest BCUT2D eigenvalue weighted by Crippen LogP contribution is -2.59. The molecule has 0 saturated carbocycles. The van der Waals surface area contributed by atoms with Gasteiger partial charge in [-0.05, 0) is 37.8 Å². The quantitative estimate of drug-likeness (QED) is 0.683. The fraction of sp³-hybridized carbons (Fsp3) is 0.650. The van der Waals surface area contributed by atoms with Gasteiger partial charge in [0, 0.05) is 41.5 Å². The summed E-state index contributed by atoms with van der Waals surface area (Å²) in [6, 6.07) is 2.38. The molecule has 0 aromatic heterocycles. The molecule has 0 fully saturated rings. The van der Waals surface area contributed by atoms with Crippen LogP contribution < -0.4 is 0 Å². The van der Waals surface area contributed by atoms with E-state index in [1.165, 1.54) is 11.3 Å². The van der Waals surface area contributed by atoms with Crippen molar-refractivity contribution in [1.82, 2.24) is 9.80 Å². The Kier molecular flexibility index (Phi) is 4.66. The summed E-state index contributed by atoms with van der Waals surface area (Å²) in [5, 5.41) is 9.43. The van der Waals surface area contributed by atoms with Gasteiger partial charge in [-0.2, -0.15) is 5.26 Å². The van der Waals surface area contributed by atoms with Crippen LogP contribution in [0, 0.1) is 22.2 Å². The molecule has 126 valence electrons. The Balaban J connectivity index is 2.74. The highest BCUT2D eigenvalue weighted by Gasteiger charge is 2.56. The molecule has 2 rings (SSSR count). The molecule has 0 aromatic carbocycles. The standard InChI is InChI=1S/C20H31N3/c1-8-16(14-21)13-17-15(4)23-12-11-22(7)18(23)20(6,10-3)19(17,5)9-2/h11-13,18H,8-10H2,1-7H3. The minimum absolute atomic E-state index is 0.0462. The Hall–Kier alpha value is -1.69. The van der Waals surface area contributed by atoms with Crippen LogP contribution in [-0.2, 0) is 0 Å². The summed E-state index contributed by atoms with van der Waals surface area (Å²) in [6.07, 6.45) is 9.83. The molecule has 0 N–H and O–H groups in total. The molecule has 0 spiro atoms. The molecule has 3 unspecified atom stereocenters. The Morgan fingerprint density at radius 1 is 1.26 bits per heavy atom. The fourth-order valence-corrected chi connectivity index (χ4v) is 4.54. The third kappa shape index (κ3) is 2.31. The van der Waals surface area contributed by atoms with Crippen LogP contribution in [0.25, 0.3) is 0 Å². The van der Waals surface area contributed by atoms with E-state index in [1.54, 1.807) is 0 Å². The summed E-state index contributed by atoms with van der Waals surface area (Å²) in [6.45, 7) is 13.6. The predicted octanol–water partition coefficient (Wildman–Crippen LogP) is 5.01. The molecule has 0 aliphatic carbocycles. The van der Waals surface area contributed by atoms with Crippen LogP contribution in [0.15, 0.2) is 35.3 Å². The van der Waals surface area contributed by atoms with Crippen LogP contribution in [0.2, 0.25) is 0 Å². The van der Waals surface area contributed by atoms with Crippen LogP contribution in [0.5, 0.6) is 0 Å². The number of hydrogen-bond donors (Lipinski definition) is 0. The topological polar surface area (TPSA) is 30.3 Å². The Bertz CT molecular complexity index is 607. The molecule has 0 bridgehead atoms. The van der Waals surface area contributed by atoms with Gasteiger partial charge in [0.15, 0.2) is 0 Å². The molecule has 2 aliphatic rings. The van der Waals surface area contributed by atoms with Crippen LogP contribution >= 0.6 is 0 Å². The lowest BCUT2D eigenvalue weighted by molar-refractivity contribution is -0.0496. The summed E-state index contributed by atoms with van der Waals surface area (Å²) >= 11 is 0. The van der Waals surface area contributed by atoms with E-state index < -0.39 is 0 Å². The van der Waals surface area contributed by atoms with Crippen molar-refractivity contribution in [3.8, 4) is 6.07 Å². The van der Waals surface area contributed by atoms with Gasteiger partial charge in [-0.15, -0.1) is 0 Å². The number of fused-ring (bicyclic) bond motifs is 1. The summed E-state index contributed by atoms with van der Waals surface area (Å²) in [7, 11) is 2.17. The SMILES string of the molecule is CCC(C#N)=CC1=C(C)N2C=CN(C)C2C(C)(CC)C1(C)CC. The molecule has 3 nitrogen and oxygen atoms in total. The number of nitriles is 1. The van der Waals surface area contributed by atoms with E-state index in [2.05, 4.69) is 82.9 Å². The molecular weight excluding hydrogens is 282 g/mol. The number of nitrogens with zero attached hydrogens (tertiary/aromatic N) is 3.